The number of rotatable bonds is 5. The lowest BCUT2D eigenvalue weighted by Gasteiger charge is -2.28. The predicted octanol–water partition coefficient (Wildman–Crippen LogP) is 1.93. The smallest absolute Gasteiger partial charge is 0.266 e. The number of carbonyl (C=O) groups excluding carboxylic acids is 1. The van der Waals surface area contributed by atoms with Crippen molar-refractivity contribution in [3.8, 4) is 11.5 Å². The molecule has 2 saturated heterocycles. The number of amides is 1. The van der Waals surface area contributed by atoms with Crippen molar-refractivity contribution < 1.29 is 19.4 Å². The second kappa shape index (κ2) is 8.18. The Balaban J connectivity index is 1.66. The molecule has 0 unspecified atom stereocenters. The highest BCUT2D eigenvalue weighted by Gasteiger charge is 2.32. The molecule has 1 amide bonds. The second-order valence-corrected chi connectivity index (χ2v) is 7.39. The fourth-order valence-corrected chi connectivity index (χ4v) is 4.02. The van der Waals surface area contributed by atoms with Gasteiger partial charge in [0.25, 0.3) is 5.91 Å². The van der Waals surface area contributed by atoms with Gasteiger partial charge in [0, 0.05) is 26.2 Å². The van der Waals surface area contributed by atoms with Crippen LogP contribution in [0.15, 0.2) is 23.1 Å². The number of morpholine rings is 1. The molecule has 1 aromatic rings. The van der Waals surface area contributed by atoms with Crippen molar-refractivity contribution >= 4 is 40.3 Å². The van der Waals surface area contributed by atoms with Gasteiger partial charge in [-0.05, 0) is 23.8 Å². The third-order valence-corrected chi connectivity index (χ3v) is 5.50. The molecule has 0 saturated carbocycles. The second-order valence-electron chi connectivity index (χ2n) is 5.72. The quantitative estimate of drug-likeness (QED) is 0.619. The van der Waals surface area contributed by atoms with E-state index in [2.05, 4.69) is 4.90 Å². The number of thiocarbonyl (C=S) groups is 1. The van der Waals surface area contributed by atoms with Gasteiger partial charge in [0.2, 0.25) is 0 Å². The minimum Gasteiger partial charge on any atom is -0.504 e. The van der Waals surface area contributed by atoms with E-state index in [9.17, 15) is 9.90 Å². The monoisotopic (exact) mass is 380 g/mol. The SMILES string of the molecule is COc1ccc(C=C2SC(=S)N(CCN3CCOCC3)C2=O)cc1O. The maximum absolute atomic E-state index is 12.6. The van der Waals surface area contributed by atoms with Crippen molar-refractivity contribution in [2.75, 3.05) is 46.5 Å². The van der Waals surface area contributed by atoms with E-state index in [-0.39, 0.29) is 11.7 Å². The van der Waals surface area contributed by atoms with Crippen molar-refractivity contribution in [2.45, 2.75) is 0 Å². The Morgan fingerprint density at radius 3 is 2.80 bits per heavy atom. The van der Waals surface area contributed by atoms with Gasteiger partial charge < -0.3 is 14.6 Å². The fourth-order valence-electron chi connectivity index (χ4n) is 2.71. The number of carbonyl (C=O) groups is 1. The number of methoxy groups -OCH3 is 1. The van der Waals surface area contributed by atoms with Crippen LogP contribution >= 0.6 is 24.0 Å². The van der Waals surface area contributed by atoms with Crippen LogP contribution in [-0.4, -0.2) is 71.6 Å². The summed E-state index contributed by atoms with van der Waals surface area (Å²) in [5.74, 6) is 0.354. The van der Waals surface area contributed by atoms with Crippen molar-refractivity contribution in [3.63, 3.8) is 0 Å². The lowest BCUT2D eigenvalue weighted by Crippen LogP contribution is -2.42. The minimum atomic E-state index is -0.0847. The molecule has 1 aromatic carbocycles. The van der Waals surface area contributed by atoms with Gasteiger partial charge in [0.15, 0.2) is 11.5 Å². The van der Waals surface area contributed by atoms with Gasteiger partial charge in [0.1, 0.15) is 4.32 Å². The van der Waals surface area contributed by atoms with Gasteiger partial charge >= 0.3 is 0 Å². The molecule has 0 atom stereocenters. The largest absolute Gasteiger partial charge is 0.504 e. The number of phenolic OH excluding ortho intramolecular Hbond substituents is 1. The van der Waals surface area contributed by atoms with Crippen LogP contribution in [0.5, 0.6) is 11.5 Å². The zero-order valence-corrected chi connectivity index (χ0v) is 15.6. The molecule has 0 radical (unpaired) electrons. The Morgan fingerprint density at radius 2 is 2.12 bits per heavy atom. The molecular formula is C17H20N2O4S2. The summed E-state index contributed by atoms with van der Waals surface area (Å²) in [5, 5.41) is 9.87. The molecule has 2 fully saturated rings. The summed E-state index contributed by atoms with van der Waals surface area (Å²) < 4.78 is 10.9. The lowest BCUT2D eigenvalue weighted by molar-refractivity contribution is -0.122. The molecule has 1 N–H and O–H groups in total. The first-order chi connectivity index (χ1) is 12.1. The van der Waals surface area contributed by atoms with Crippen LogP contribution in [-0.2, 0) is 9.53 Å². The Bertz CT molecular complexity index is 702. The van der Waals surface area contributed by atoms with E-state index in [1.54, 1.807) is 29.2 Å². The molecule has 0 bridgehead atoms. The van der Waals surface area contributed by atoms with E-state index in [1.165, 1.54) is 18.9 Å². The zero-order valence-electron chi connectivity index (χ0n) is 13.9. The standard InChI is InChI=1S/C17H20N2O4S2/c1-22-14-3-2-12(10-13(14)20)11-15-16(21)19(17(24)25-15)5-4-18-6-8-23-9-7-18/h2-3,10-11,20H,4-9H2,1H3. The van der Waals surface area contributed by atoms with Gasteiger partial charge in [0.05, 0.1) is 25.2 Å². The third-order valence-electron chi connectivity index (χ3n) is 4.12. The van der Waals surface area contributed by atoms with Crippen LogP contribution in [0.3, 0.4) is 0 Å². The van der Waals surface area contributed by atoms with E-state index in [1.807, 2.05) is 0 Å². The van der Waals surface area contributed by atoms with Crippen molar-refractivity contribution in [1.82, 2.24) is 9.80 Å². The van der Waals surface area contributed by atoms with Gasteiger partial charge in [-0.1, -0.05) is 30.0 Å². The van der Waals surface area contributed by atoms with Gasteiger partial charge in [-0.3, -0.25) is 14.6 Å². The predicted molar refractivity (Wildman–Crippen MR) is 102 cm³/mol. The zero-order chi connectivity index (χ0) is 17.8. The highest BCUT2D eigenvalue weighted by Crippen LogP contribution is 2.34. The normalized spacial score (nSPS) is 20.5. The Hall–Kier alpha value is -1.61. The first-order valence-corrected chi connectivity index (χ1v) is 9.23. The molecule has 25 heavy (non-hydrogen) atoms. The lowest BCUT2D eigenvalue weighted by atomic mass is 10.2. The summed E-state index contributed by atoms with van der Waals surface area (Å²) in [6, 6.07) is 5.03. The van der Waals surface area contributed by atoms with E-state index in [0.717, 1.165) is 38.4 Å². The number of hydrogen-bond donors (Lipinski definition) is 1. The highest BCUT2D eigenvalue weighted by molar-refractivity contribution is 8.26. The maximum Gasteiger partial charge on any atom is 0.266 e. The van der Waals surface area contributed by atoms with Crippen LogP contribution in [0, 0.1) is 0 Å². The summed E-state index contributed by atoms with van der Waals surface area (Å²) >= 11 is 6.65. The molecule has 0 aromatic heterocycles. The van der Waals surface area contributed by atoms with E-state index in [0.29, 0.717) is 21.5 Å². The average Bonchev–Trinajstić information content (AvgIpc) is 2.87. The summed E-state index contributed by atoms with van der Waals surface area (Å²) in [6.07, 6.45) is 1.74. The first kappa shape index (κ1) is 18.2. The molecule has 6 nitrogen and oxygen atoms in total. The van der Waals surface area contributed by atoms with Crippen molar-refractivity contribution in [1.29, 1.82) is 0 Å². The Morgan fingerprint density at radius 1 is 1.36 bits per heavy atom. The molecule has 3 rings (SSSR count). The summed E-state index contributed by atoms with van der Waals surface area (Å²) in [4.78, 5) is 17.1. The highest BCUT2D eigenvalue weighted by atomic mass is 32.2. The third kappa shape index (κ3) is 4.33. The van der Waals surface area contributed by atoms with Crippen LogP contribution < -0.4 is 4.74 Å². The molecule has 2 heterocycles. The van der Waals surface area contributed by atoms with Gasteiger partial charge in [-0.2, -0.15) is 0 Å². The number of nitrogens with zero attached hydrogens (tertiary/aromatic N) is 2. The average molecular weight is 380 g/mol. The summed E-state index contributed by atoms with van der Waals surface area (Å²) in [6.45, 7) is 4.60. The van der Waals surface area contributed by atoms with E-state index < -0.39 is 0 Å². The number of benzene rings is 1. The molecule has 8 heteroatoms. The van der Waals surface area contributed by atoms with Crippen LogP contribution in [0.1, 0.15) is 5.56 Å². The summed E-state index contributed by atoms with van der Waals surface area (Å²) in [5.41, 5.74) is 0.729. The van der Waals surface area contributed by atoms with Crippen molar-refractivity contribution in [2.24, 2.45) is 0 Å². The van der Waals surface area contributed by atoms with E-state index in [4.69, 9.17) is 21.7 Å². The van der Waals surface area contributed by atoms with Gasteiger partial charge in [-0.15, -0.1) is 0 Å². The number of ether oxygens (including phenoxy) is 2. The Labute approximate surface area is 156 Å². The number of thioether (sulfide) groups is 1. The molecule has 0 aliphatic carbocycles. The molecule has 134 valence electrons. The van der Waals surface area contributed by atoms with Crippen molar-refractivity contribution in [3.05, 3.63) is 28.7 Å². The molecule has 2 aliphatic heterocycles. The molecular weight excluding hydrogens is 360 g/mol. The van der Waals surface area contributed by atoms with E-state index >= 15 is 0 Å². The van der Waals surface area contributed by atoms with Crippen LogP contribution in [0.25, 0.3) is 6.08 Å². The molecule has 0 spiro atoms. The summed E-state index contributed by atoms with van der Waals surface area (Å²) in [7, 11) is 1.49. The Kier molecular flexibility index (Phi) is 5.95. The number of aromatic hydroxyl groups is 1. The maximum atomic E-state index is 12.6. The number of phenols is 1. The molecule has 2 aliphatic rings. The fraction of sp³-hybridized carbons (Fsp3) is 0.412. The topological polar surface area (TPSA) is 62.2 Å². The van der Waals surface area contributed by atoms with Crippen LogP contribution in [0.4, 0.5) is 0 Å². The van der Waals surface area contributed by atoms with Gasteiger partial charge in [-0.25, -0.2) is 0 Å². The minimum absolute atomic E-state index is 0.0408. The first-order valence-electron chi connectivity index (χ1n) is 8.01. The van der Waals surface area contributed by atoms with Crippen LogP contribution in [0.2, 0.25) is 0 Å². The number of hydrogen-bond acceptors (Lipinski definition) is 7.